The van der Waals surface area contributed by atoms with Gasteiger partial charge in [-0.1, -0.05) is 30.3 Å². The van der Waals surface area contributed by atoms with Crippen LogP contribution < -0.4 is 0 Å². The summed E-state index contributed by atoms with van der Waals surface area (Å²) in [5, 5.41) is 9.92. The van der Waals surface area contributed by atoms with Gasteiger partial charge in [-0.2, -0.15) is 36.4 Å². The maximum absolute atomic E-state index is 9.92. The molecule has 0 saturated heterocycles. The Morgan fingerprint density at radius 3 is 1.85 bits per heavy atom. The van der Waals surface area contributed by atoms with E-state index in [9.17, 15) is 5.11 Å². The molecule has 0 radical (unpaired) electrons. The zero-order valence-electron chi connectivity index (χ0n) is 15.7. The fourth-order valence-corrected chi connectivity index (χ4v) is 2.27. The van der Waals surface area contributed by atoms with Gasteiger partial charge in [-0.05, 0) is 43.5 Å². The summed E-state index contributed by atoms with van der Waals surface area (Å²) in [6.07, 6.45) is 1.72. The Hall–Kier alpha value is -2.25. The van der Waals surface area contributed by atoms with Crippen molar-refractivity contribution in [3.8, 4) is 5.75 Å². The molecule has 0 aliphatic rings. The number of aryl methyl sites for hydroxylation is 3. The number of hydrogen-bond donors (Lipinski definition) is 1. The van der Waals surface area contributed by atoms with Crippen LogP contribution in [0.3, 0.4) is 0 Å². The van der Waals surface area contributed by atoms with Gasteiger partial charge in [0.25, 0.3) is 0 Å². The summed E-state index contributed by atoms with van der Waals surface area (Å²) >= 11 is 0. The van der Waals surface area contributed by atoms with Crippen LogP contribution in [0.15, 0.2) is 71.7 Å². The predicted octanol–water partition coefficient (Wildman–Crippen LogP) is 6.00. The first-order chi connectivity index (χ1) is 11.6. The number of phenolic OH excluding ortho intramolecular Hbond substituents is 1. The standard InChI is InChI=1S/C16H17NO.C6H5.CH3.Ru/c1-11-6-4-7-12(2)15(11)17-10-14-9-5-8-13(3)16(14)18;1-2-4-6-5-3-1;;/h4-10,18H,1-3H3;1-5H;1H3;/q;2*-1;+2. The number of para-hydroxylation sites is 2. The van der Waals surface area contributed by atoms with Crippen LogP contribution in [0.2, 0.25) is 0 Å². The summed E-state index contributed by atoms with van der Waals surface area (Å²) in [7, 11) is 0. The number of hydrogen-bond acceptors (Lipinski definition) is 2. The van der Waals surface area contributed by atoms with Crippen LogP contribution in [0.4, 0.5) is 5.69 Å². The van der Waals surface area contributed by atoms with E-state index in [1.54, 1.807) is 6.21 Å². The van der Waals surface area contributed by atoms with Gasteiger partial charge in [0.1, 0.15) is 5.75 Å². The molecule has 0 heterocycles. The number of aromatic hydroxyl groups is 1. The molecule has 3 aromatic carbocycles. The Morgan fingerprint density at radius 1 is 0.808 bits per heavy atom. The molecule has 0 aliphatic heterocycles. The van der Waals surface area contributed by atoms with E-state index in [1.165, 1.54) is 0 Å². The van der Waals surface area contributed by atoms with E-state index in [0.717, 1.165) is 27.9 Å². The molecule has 136 valence electrons. The van der Waals surface area contributed by atoms with Gasteiger partial charge in [-0.25, -0.2) is 0 Å². The summed E-state index contributed by atoms with van der Waals surface area (Å²) in [4.78, 5) is 4.49. The molecule has 0 fully saturated rings. The summed E-state index contributed by atoms with van der Waals surface area (Å²) < 4.78 is 0. The summed E-state index contributed by atoms with van der Waals surface area (Å²) in [5.74, 6) is 0.299. The Labute approximate surface area is 170 Å². The minimum atomic E-state index is 0. The third-order valence-corrected chi connectivity index (χ3v) is 3.65. The van der Waals surface area contributed by atoms with Crippen LogP contribution in [-0.4, -0.2) is 11.3 Å². The fraction of sp³-hybridized carbons (Fsp3) is 0.130. The number of nitrogens with zero attached hydrogens (tertiary/aromatic N) is 1. The number of rotatable bonds is 2. The second-order valence-electron chi connectivity index (χ2n) is 5.59. The van der Waals surface area contributed by atoms with Crippen molar-refractivity contribution in [2.45, 2.75) is 20.8 Å². The van der Waals surface area contributed by atoms with E-state index >= 15 is 0 Å². The van der Waals surface area contributed by atoms with Crippen LogP contribution in [0, 0.1) is 34.3 Å². The molecule has 0 unspecified atom stereocenters. The Balaban J connectivity index is 0.000000669. The van der Waals surface area contributed by atoms with Gasteiger partial charge in [0.15, 0.2) is 0 Å². The van der Waals surface area contributed by atoms with E-state index in [2.05, 4.69) is 11.1 Å². The van der Waals surface area contributed by atoms with Gasteiger partial charge >= 0.3 is 19.5 Å². The molecule has 0 bridgehead atoms. The molecule has 0 atom stereocenters. The maximum atomic E-state index is 9.92. The van der Waals surface area contributed by atoms with Gasteiger partial charge in [0.2, 0.25) is 0 Å². The number of benzene rings is 3. The quantitative estimate of drug-likeness (QED) is 0.301. The predicted molar refractivity (Wildman–Crippen MR) is 108 cm³/mol. The molecule has 1 N–H and O–H groups in total. The maximum Gasteiger partial charge on any atom is 2.00 e. The van der Waals surface area contributed by atoms with Crippen molar-refractivity contribution >= 4 is 11.9 Å². The van der Waals surface area contributed by atoms with Crippen LogP contribution in [0.1, 0.15) is 22.3 Å². The van der Waals surface area contributed by atoms with Gasteiger partial charge in [-0.15, -0.1) is 0 Å². The second-order valence-corrected chi connectivity index (χ2v) is 5.59. The van der Waals surface area contributed by atoms with E-state index in [0.29, 0.717) is 5.75 Å². The van der Waals surface area contributed by atoms with E-state index in [1.807, 2.05) is 87.5 Å². The van der Waals surface area contributed by atoms with Crippen LogP contribution in [0.25, 0.3) is 0 Å². The average Bonchev–Trinajstić information content (AvgIpc) is 2.60. The second kappa shape index (κ2) is 12.2. The summed E-state index contributed by atoms with van der Waals surface area (Å²) in [5.41, 5.74) is 4.85. The molecular weight excluding hydrogens is 407 g/mol. The fourth-order valence-electron chi connectivity index (χ4n) is 2.27. The minimum Gasteiger partial charge on any atom is -0.507 e. The molecule has 3 heteroatoms. The van der Waals surface area contributed by atoms with Crippen molar-refractivity contribution in [3.63, 3.8) is 0 Å². The average molecular weight is 433 g/mol. The third kappa shape index (κ3) is 6.94. The molecule has 2 nitrogen and oxygen atoms in total. The molecule has 3 aromatic rings. The van der Waals surface area contributed by atoms with E-state index < -0.39 is 0 Å². The molecule has 0 aromatic heterocycles. The van der Waals surface area contributed by atoms with E-state index in [4.69, 9.17) is 0 Å². The number of phenols is 1. The summed E-state index contributed by atoms with van der Waals surface area (Å²) in [6.45, 7) is 5.96. The largest absolute Gasteiger partial charge is 2.00 e. The Bertz CT molecular complexity index is 767. The third-order valence-electron chi connectivity index (χ3n) is 3.65. The normalized spacial score (nSPS) is 9.50. The molecule has 26 heavy (non-hydrogen) atoms. The molecule has 0 amide bonds. The topological polar surface area (TPSA) is 32.6 Å². The molecular formula is C23H25NORu. The minimum absolute atomic E-state index is 0. The van der Waals surface area contributed by atoms with Crippen LogP contribution in [-0.2, 0) is 19.5 Å². The first-order valence-corrected chi connectivity index (χ1v) is 7.89. The van der Waals surface area contributed by atoms with Crippen molar-refractivity contribution in [2.75, 3.05) is 0 Å². The van der Waals surface area contributed by atoms with Gasteiger partial charge in [-0.3, -0.25) is 4.99 Å². The van der Waals surface area contributed by atoms with Crippen molar-refractivity contribution in [3.05, 3.63) is 102 Å². The Kier molecular flexibility index (Phi) is 11.1. The first-order valence-electron chi connectivity index (χ1n) is 7.89. The number of aliphatic imine (C=N–C) groups is 1. The van der Waals surface area contributed by atoms with Crippen molar-refractivity contribution in [1.29, 1.82) is 0 Å². The van der Waals surface area contributed by atoms with Crippen molar-refractivity contribution in [2.24, 2.45) is 4.99 Å². The molecule has 0 aliphatic carbocycles. The SMILES string of the molecule is Cc1cccc(C=Nc2c(C)cccc2C)c1O.[CH3-].[Ru+2].[c-]1ccccc1. The Morgan fingerprint density at radius 2 is 1.35 bits per heavy atom. The molecule has 3 rings (SSSR count). The zero-order chi connectivity index (χ0) is 17.4. The van der Waals surface area contributed by atoms with Crippen molar-refractivity contribution < 1.29 is 24.6 Å². The monoisotopic (exact) mass is 433 g/mol. The molecule has 0 saturated carbocycles. The van der Waals surface area contributed by atoms with E-state index in [-0.39, 0.29) is 26.9 Å². The van der Waals surface area contributed by atoms with Crippen LogP contribution in [0.5, 0.6) is 5.75 Å². The van der Waals surface area contributed by atoms with Gasteiger partial charge in [0, 0.05) is 11.8 Å². The zero-order valence-corrected chi connectivity index (χ0v) is 17.4. The van der Waals surface area contributed by atoms with Crippen LogP contribution >= 0.6 is 0 Å². The van der Waals surface area contributed by atoms with Gasteiger partial charge < -0.3 is 12.5 Å². The summed E-state index contributed by atoms with van der Waals surface area (Å²) in [6, 6.07) is 24.3. The smallest absolute Gasteiger partial charge is 0.507 e. The van der Waals surface area contributed by atoms with Gasteiger partial charge in [0.05, 0.1) is 5.69 Å². The first kappa shape index (κ1) is 23.8. The van der Waals surface area contributed by atoms with Crippen molar-refractivity contribution in [1.82, 2.24) is 0 Å². The molecule has 0 spiro atoms.